The number of hydrogen-bond acceptors (Lipinski definition) is 1. The van der Waals surface area contributed by atoms with Gasteiger partial charge in [-0.3, -0.25) is 0 Å². The Morgan fingerprint density at radius 2 is 0.682 bits per heavy atom. The molecule has 1 heteroatoms. The first-order valence-corrected chi connectivity index (χ1v) is 16.1. The highest BCUT2D eigenvalue weighted by Crippen LogP contribution is 2.09. The predicted octanol–water partition coefficient (Wildman–Crippen LogP) is 13.3. The third-order valence-electron chi connectivity index (χ3n) is 5.93. The Labute approximate surface area is 273 Å². The fourth-order valence-electron chi connectivity index (χ4n) is 3.41. The van der Waals surface area contributed by atoms with Gasteiger partial charge in [-0.15, -0.1) is 0 Å². The first kappa shape index (κ1) is 42.7. The van der Waals surface area contributed by atoms with Gasteiger partial charge in [0.15, 0.2) is 0 Å². The number of aliphatic hydroxyl groups is 1. The lowest BCUT2D eigenvalue weighted by molar-refractivity contribution is 0.216. The number of rotatable bonds is 16. The van der Waals surface area contributed by atoms with E-state index in [0.717, 1.165) is 25.7 Å². The summed E-state index contributed by atoms with van der Waals surface area (Å²) in [6.07, 6.45) is 43.2. The van der Waals surface area contributed by atoms with E-state index in [1.807, 2.05) is 0 Å². The minimum absolute atomic E-state index is 0.167. The number of hydrogen-bond donors (Lipinski definition) is 1. The molecule has 242 valence electrons. The zero-order valence-electron chi connectivity index (χ0n) is 30.2. The molecule has 0 radical (unpaired) electrons. The van der Waals surface area contributed by atoms with Crippen LogP contribution in [0.5, 0.6) is 0 Å². The third kappa shape index (κ3) is 34.8. The lowest BCUT2D eigenvalue weighted by Crippen LogP contribution is -1.85. The van der Waals surface area contributed by atoms with Crippen molar-refractivity contribution < 1.29 is 5.11 Å². The van der Waals surface area contributed by atoms with Crippen molar-refractivity contribution in [1.82, 2.24) is 0 Å². The fraction of sp³-hybridized carbons (Fsp3) is 0.395. The van der Waals surface area contributed by atoms with Gasteiger partial charge < -0.3 is 5.11 Å². The van der Waals surface area contributed by atoms with Gasteiger partial charge in [-0.05, 0) is 109 Å². The van der Waals surface area contributed by atoms with Crippen molar-refractivity contribution in [2.24, 2.45) is 0 Å². The van der Waals surface area contributed by atoms with E-state index in [-0.39, 0.29) is 6.10 Å². The van der Waals surface area contributed by atoms with Gasteiger partial charge in [0.25, 0.3) is 0 Å². The smallest absolute Gasteiger partial charge is 0.0483 e. The third-order valence-corrected chi connectivity index (χ3v) is 5.93. The molecule has 0 unspecified atom stereocenters. The zero-order valence-corrected chi connectivity index (χ0v) is 30.2. The molecular weight excluding hydrogens is 532 g/mol. The summed E-state index contributed by atoms with van der Waals surface area (Å²) in [5.74, 6) is 0. The summed E-state index contributed by atoms with van der Waals surface area (Å²) >= 11 is 0. The van der Waals surface area contributed by atoms with Crippen molar-refractivity contribution in [3.63, 3.8) is 0 Å². The van der Waals surface area contributed by atoms with E-state index in [2.05, 4.69) is 179 Å². The highest BCUT2D eigenvalue weighted by Gasteiger charge is 1.88. The molecule has 0 aliphatic carbocycles. The first-order chi connectivity index (χ1) is 20.7. The van der Waals surface area contributed by atoms with Crippen molar-refractivity contribution in [3.8, 4) is 0 Å². The molecule has 0 rings (SSSR count). The Kier molecular flexibility index (Phi) is 27.5. The Balaban J connectivity index is 0. The van der Waals surface area contributed by atoms with E-state index in [1.54, 1.807) is 13.8 Å². The minimum atomic E-state index is -0.167. The molecule has 1 N–H and O–H groups in total. The predicted molar refractivity (Wildman–Crippen MR) is 203 cm³/mol. The average Bonchev–Trinajstić information content (AvgIpc) is 2.90. The normalized spacial score (nSPS) is 14.5. The van der Waals surface area contributed by atoms with E-state index in [4.69, 9.17) is 5.11 Å². The molecule has 0 spiro atoms. The first-order valence-electron chi connectivity index (χ1n) is 16.1. The molecule has 0 bridgehead atoms. The summed E-state index contributed by atoms with van der Waals surface area (Å²) in [7, 11) is 0. The van der Waals surface area contributed by atoms with Crippen LogP contribution in [-0.4, -0.2) is 11.2 Å². The molecule has 0 saturated heterocycles. The van der Waals surface area contributed by atoms with E-state index in [9.17, 15) is 0 Å². The fourth-order valence-corrected chi connectivity index (χ4v) is 3.41. The summed E-state index contributed by atoms with van der Waals surface area (Å²) in [6, 6.07) is 0. The minimum Gasteiger partial charge on any atom is -0.394 e. The maximum absolute atomic E-state index is 8.06. The highest BCUT2D eigenvalue weighted by molar-refractivity contribution is 5.32. The summed E-state index contributed by atoms with van der Waals surface area (Å²) in [4.78, 5) is 0. The van der Waals surface area contributed by atoms with E-state index < -0.39 is 0 Å². The average molecular weight is 597 g/mol. The number of allylic oxidation sites excluding steroid dienone is 26. The topological polar surface area (TPSA) is 20.2 Å². The standard InChI is InChI=1S/C40H56.C3H8O/c1-33(2)19-13-23-37(7)27-17-31-39(9)29-15-25-35(5)21-11-12-22-36(6)26-16-30-40(10)32-18-28-38(8)24-14-20-34(3)4;1-3(2)4/h11-12,15-22,25-32H,13-14,23-24H2,1-10H3;3-4H,1-2H3/b12-11+,25-15+,26-16+,31-17+,32-18+,35-21+,36-22+,37-27+,38-28+,39-29+,40-30+;. The molecule has 0 atom stereocenters. The lowest BCUT2D eigenvalue weighted by atomic mass is 10.1. The van der Waals surface area contributed by atoms with Crippen LogP contribution in [0.15, 0.2) is 154 Å². The molecule has 44 heavy (non-hydrogen) atoms. The van der Waals surface area contributed by atoms with Crippen molar-refractivity contribution in [3.05, 3.63) is 154 Å². The second-order valence-electron chi connectivity index (χ2n) is 12.2. The summed E-state index contributed by atoms with van der Waals surface area (Å²) in [6.45, 7) is 25.0. The Bertz CT molecular complexity index is 1100. The maximum Gasteiger partial charge on any atom is 0.0483 e. The second-order valence-corrected chi connectivity index (χ2v) is 12.2. The van der Waals surface area contributed by atoms with Gasteiger partial charge in [-0.1, -0.05) is 154 Å². The molecular formula is C43H64O. The maximum atomic E-state index is 8.06. The zero-order chi connectivity index (χ0) is 33.8. The monoisotopic (exact) mass is 596 g/mol. The molecule has 0 aromatic carbocycles. The Morgan fingerprint density at radius 3 is 0.955 bits per heavy atom. The molecule has 0 amide bonds. The van der Waals surface area contributed by atoms with Crippen molar-refractivity contribution >= 4 is 0 Å². The Hall–Kier alpha value is -3.42. The summed E-state index contributed by atoms with van der Waals surface area (Å²) < 4.78 is 0. The quantitative estimate of drug-likeness (QED) is 0.139. The molecule has 0 saturated carbocycles. The van der Waals surface area contributed by atoms with E-state index in [0.29, 0.717) is 0 Å². The molecule has 0 aromatic rings. The van der Waals surface area contributed by atoms with Crippen molar-refractivity contribution in [2.45, 2.75) is 115 Å². The molecule has 1 nitrogen and oxygen atoms in total. The molecule has 0 fully saturated rings. The lowest BCUT2D eigenvalue weighted by Gasteiger charge is -1.96. The van der Waals surface area contributed by atoms with Gasteiger partial charge in [0.1, 0.15) is 0 Å². The van der Waals surface area contributed by atoms with Gasteiger partial charge >= 0.3 is 0 Å². The largest absolute Gasteiger partial charge is 0.394 e. The van der Waals surface area contributed by atoms with Crippen LogP contribution in [0.25, 0.3) is 0 Å². The molecule has 0 aromatic heterocycles. The SMILES string of the molecule is CC(C)=CCC/C(C)=C/C=C/C(C)=C/C=C/C(C)=C/C=C/C=C(C)/C=C/C=C(C)/C=C/C=C(\C)CCC=C(C)C.CC(C)O. The molecule has 0 heterocycles. The summed E-state index contributed by atoms with van der Waals surface area (Å²) in [5.41, 5.74) is 10.5. The van der Waals surface area contributed by atoms with Gasteiger partial charge in [-0.2, -0.15) is 0 Å². The van der Waals surface area contributed by atoms with E-state index >= 15 is 0 Å². The number of aliphatic hydroxyl groups excluding tert-OH is 1. The van der Waals surface area contributed by atoms with Crippen LogP contribution in [0.2, 0.25) is 0 Å². The van der Waals surface area contributed by atoms with Crippen LogP contribution in [0.3, 0.4) is 0 Å². The van der Waals surface area contributed by atoms with Crippen LogP contribution in [0.1, 0.15) is 109 Å². The molecule has 0 aliphatic heterocycles. The van der Waals surface area contributed by atoms with Crippen LogP contribution in [0.4, 0.5) is 0 Å². The van der Waals surface area contributed by atoms with Gasteiger partial charge in [0, 0.05) is 6.10 Å². The van der Waals surface area contributed by atoms with Crippen LogP contribution in [0, 0.1) is 0 Å². The van der Waals surface area contributed by atoms with Crippen LogP contribution >= 0.6 is 0 Å². The van der Waals surface area contributed by atoms with Gasteiger partial charge in [-0.25, -0.2) is 0 Å². The van der Waals surface area contributed by atoms with Gasteiger partial charge in [0.2, 0.25) is 0 Å². The highest BCUT2D eigenvalue weighted by atomic mass is 16.3. The second kappa shape index (κ2) is 28.4. The van der Waals surface area contributed by atoms with Crippen LogP contribution in [-0.2, 0) is 0 Å². The van der Waals surface area contributed by atoms with Crippen LogP contribution < -0.4 is 0 Å². The van der Waals surface area contributed by atoms with E-state index in [1.165, 1.54) is 44.6 Å². The van der Waals surface area contributed by atoms with Crippen molar-refractivity contribution in [1.29, 1.82) is 0 Å². The summed E-state index contributed by atoms with van der Waals surface area (Å²) in [5, 5.41) is 8.06. The van der Waals surface area contributed by atoms with Crippen molar-refractivity contribution in [2.75, 3.05) is 0 Å². The van der Waals surface area contributed by atoms with Gasteiger partial charge in [0.05, 0.1) is 0 Å². The molecule has 0 aliphatic rings. The Morgan fingerprint density at radius 1 is 0.432 bits per heavy atom.